The molecule has 0 aromatic heterocycles. The molecule has 1 aliphatic heterocycles. The molecule has 26 heavy (non-hydrogen) atoms. The lowest BCUT2D eigenvalue weighted by atomic mass is 10.1. The van der Waals surface area contributed by atoms with E-state index in [0.717, 1.165) is 18.7 Å². The average molecular weight is 358 g/mol. The van der Waals surface area contributed by atoms with E-state index in [4.69, 9.17) is 9.47 Å². The molecule has 1 N–H and O–H groups in total. The number of nitrogens with zero attached hydrogens (tertiary/aromatic N) is 1. The zero-order valence-electron chi connectivity index (χ0n) is 14.6. The van der Waals surface area contributed by atoms with E-state index < -0.39 is 5.82 Å². The summed E-state index contributed by atoms with van der Waals surface area (Å²) in [5, 5.41) is 3.00. The van der Waals surface area contributed by atoms with Crippen LogP contribution in [0.4, 0.5) is 4.39 Å². The van der Waals surface area contributed by atoms with Crippen LogP contribution in [0.15, 0.2) is 54.6 Å². The van der Waals surface area contributed by atoms with Crippen molar-refractivity contribution in [3.05, 3.63) is 66.0 Å². The van der Waals surface area contributed by atoms with E-state index in [-0.39, 0.29) is 24.3 Å². The van der Waals surface area contributed by atoms with E-state index in [9.17, 15) is 9.18 Å². The van der Waals surface area contributed by atoms with Crippen molar-refractivity contribution in [2.45, 2.75) is 6.04 Å². The molecule has 1 saturated heterocycles. The molecular formula is C20H23FN2O3. The minimum atomic E-state index is -0.478. The zero-order chi connectivity index (χ0) is 18.2. The number of morpholine rings is 1. The van der Waals surface area contributed by atoms with Crippen LogP contribution < -0.4 is 10.1 Å². The average Bonchev–Trinajstić information content (AvgIpc) is 2.68. The van der Waals surface area contributed by atoms with Crippen molar-refractivity contribution in [1.82, 2.24) is 10.2 Å². The molecule has 1 aliphatic rings. The van der Waals surface area contributed by atoms with Crippen LogP contribution in [0.1, 0.15) is 11.6 Å². The number of ether oxygens (including phenoxy) is 2. The molecule has 0 aliphatic carbocycles. The quantitative estimate of drug-likeness (QED) is 0.826. The third kappa shape index (κ3) is 5.28. The monoisotopic (exact) mass is 358 g/mol. The van der Waals surface area contributed by atoms with Gasteiger partial charge < -0.3 is 14.8 Å². The van der Waals surface area contributed by atoms with Crippen molar-refractivity contribution in [3.63, 3.8) is 0 Å². The molecule has 6 heteroatoms. The lowest BCUT2D eigenvalue weighted by molar-refractivity contribution is -0.124. The zero-order valence-corrected chi connectivity index (χ0v) is 14.6. The third-order valence-corrected chi connectivity index (χ3v) is 4.28. The van der Waals surface area contributed by atoms with Crippen LogP contribution in [0.3, 0.4) is 0 Å². The van der Waals surface area contributed by atoms with Gasteiger partial charge in [0.25, 0.3) is 5.91 Å². The van der Waals surface area contributed by atoms with E-state index in [1.54, 1.807) is 12.1 Å². The van der Waals surface area contributed by atoms with Gasteiger partial charge in [0.2, 0.25) is 0 Å². The highest BCUT2D eigenvalue weighted by Crippen LogP contribution is 2.17. The van der Waals surface area contributed by atoms with Crippen LogP contribution in [0.5, 0.6) is 5.75 Å². The molecule has 138 valence electrons. The molecule has 0 spiro atoms. The van der Waals surface area contributed by atoms with Gasteiger partial charge in [0.05, 0.1) is 19.3 Å². The molecule has 0 saturated carbocycles. The Hall–Kier alpha value is -2.44. The number of amides is 1. The standard InChI is InChI=1S/C20H23FN2O3/c21-17-8-4-5-9-19(17)26-15-20(24)22-18(16-6-2-1-3-7-16)14-23-10-12-25-13-11-23/h1-9,18H,10-15H2,(H,22,24)/t18-/m0/s1. The second kappa shape index (κ2) is 9.31. The first-order valence-corrected chi connectivity index (χ1v) is 8.74. The Balaban J connectivity index is 1.61. The second-order valence-corrected chi connectivity index (χ2v) is 6.16. The van der Waals surface area contributed by atoms with Crippen LogP contribution in [0.25, 0.3) is 0 Å². The highest BCUT2D eigenvalue weighted by molar-refractivity contribution is 5.78. The van der Waals surface area contributed by atoms with Crippen molar-refractivity contribution in [2.75, 3.05) is 39.5 Å². The number of para-hydroxylation sites is 1. The van der Waals surface area contributed by atoms with Crippen LogP contribution in [0.2, 0.25) is 0 Å². The lowest BCUT2D eigenvalue weighted by Crippen LogP contribution is -2.44. The van der Waals surface area contributed by atoms with Gasteiger partial charge in [0.15, 0.2) is 18.2 Å². The number of hydrogen-bond donors (Lipinski definition) is 1. The Morgan fingerprint density at radius 1 is 1.12 bits per heavy atom. The maximum atomic E-state index is 13.6. The number of nitrogens with one attached hydrogen (secondary N) is 1. The van der Waals surface area contributed by atoms with Gasteiger partial charge >= 0.3 is 0 Å². The summed E-state index contributed by atoms with van der Waals surface area (Å²) < 4.78 is 24.3. The van der Waals surface area contributed by atoms with Crippen LogP contribution in [-0.4, -0.2) is 50.3 Å². The van der Waals surface area contributed by atoms with Gasteiger partial charge in [0.1, 0.15) is 0 Å². The van der Waals surface area contributed by atoms with Gasteiger partial charge in [-0.3, -0.25) is 9.69 Å². The number of halogens is 1. The van der Waals surface area contributed by atoms with Gasteiger partial charge in [-0.05, 0) is 17.7 Å². The minimum absolute atomic E-state index is 0.0760. The Bertz CT molecular complexity index is 705. The number of benzene rings is 2. The molecular weight excluding hydrogens is 335 g/mol. The van der Waals surface area contributed by atoms with E-state index >= 15 is 0 Å². The summed E-state index contributed by atoms with van der Waals surface area (Å²) in [6.45, 7) is 3.54. The number of rotatable bonds is 7. The second-order valence-electron chi connectivity index (χ2n) is 6.16. The van der Waals surface area contributed by atoms with Gasteiger partial charge in [-0.1, -0.05) is 42.5 Å². The molecule has 0 unspecified atom stereocenters. The highest BCUT2D eigenvalue weighted by atomic mass is 19.1. The first kappa shape index (κ1) is 18.4. The molecule has 1 amide bonds. The van der Waals surface area contributed by atoms with Crippen LogP contribution in [-0.2, 0) is 9.53 Å². The Kier molecular flexibility index (Phi) is 6.57. The minimum Gasteiger partial charge on any atom is -0.481 e. The molecule has 3 rings (SSSR count). The Morgan fingerprint density at radius 2 is 1.81 bits per heavy atom. The molecule has 5 nitrogen and oxygen atoms in total. The van der Waals surface area contributed by atoms with E-state index in [1.807, 2.05) is 30.3 Å². The van der Waals surface area contributed by atoms with E-state index in [1.165, 1.54) is 12.1 Å². The molecule has 1 atom stereocenters. The fourth-order valence-corrected chi connectivity index (χ4v) is 2.90. The first-order chi connectivity index (χ1) is 12.7. The number of carbonyl (C=O) groups is 1. The highest BCUT2D eigenvalue weighted by Gasteiger charge is 2.20. The van der Waals surface area contributed by atoms with Crippen LogP contribution in [0, 0.1) is 5.82 Å². The van der Waals surface area contributed by atoms with Crippen molar-refractivity contribution in [1.29, 1.82) is 0 Å². The van der Waals surface area contributed by atoms with E-state index in [2.05, 4.69) is 10.2 Å². The predicted molar refractivity (Wildman–Crippen MR) is 96.5 cm³/mol. The number of carbonyl (C=O) groups excluding carboxylic acids is 1. The maximum Gasteiger partial charge on any atom is 0.258 e. The fourth-order valence-electron chi connectivity index (χ4n) is 2.90. The normalized spacial score (nSPS) is 16.0. The summed E-state index contributed by atoms with van der Waals surface area (Å²) in [5.74, 6) is -0.685. The van der Waals surface area contributed by atoms with Crippen molar-refractivity contribution >= 4 is 5.91 Å². The number of hydrogen-bond acceptors (Lipinski definition) is 4. The summed E-state index contributed by atoms with van der Waals surface area (Å²) in [7, 11) is 0. The van der Waals surface area contributed by atoms with Gasteiger partial charge in [-0.25, -0.2) is 4.39 Å². The summed E-state index contributed by atoms with van der Waals surface area (Å²) in [6.07, 6.45) is 0. The van der Waals surface area contributed by atoms with Gasteiger partial charge in [-0.2, -0.15) is 0 Å². The molecule has 0 radical (unpaired) electrons. The maximum absolute atomic E-state index is 13.6. The summed E-state index contributed by atoms with van der Waals surface area (Å²) in [6, 6.07) is 15.7. The summed E-state index contributed by atoms with van der Waals surface area (Å²) in [4.78, 5) is 14.6. The van der Waals surface area contributed by atoms with Crippen LogP contribution >= 0.6 is 0 Å². The smallest absolute Gasteiger partial charge is 0.258 e. The summed E-state index contributed by atoms with van der Waals surface area (Å²) >= 11 is 0. The van der Waals surface area contributed by atoms with Gasteiger partial charge in [0, 0.05) is 19.6 Å². The van der Waals surface area contributed by atoms with Crippen molar-refractivity contribution in [3.8, 4) is 5.75 Å². The van der Waals surface area contributed by atoms with Crippen molar-refractivity contribution < 1.29 is 18.7 Å². The molecule has 1 fully saturated rings. The molecule has 2 aromatic carbocycles. The lowest BCUT2D eigenvalue weighted by Gasteiger charge is -2.31. The van der Waals surface area contributed by atoms with E-state index in [0.29, 0.717) is 19.8 Å². The first-order valence-electron chi connectivity index (χ1n) is 8.74. The SMILES string of the molecule is O=C(COc1ccccc1F)N[C@@H](CN1CCOCC1)c1ccccc1. The Labute approximate surface area is 152 Å². The third-order valence-electron chi connectivity index (χ3n) is 4.28. The topological polar surface area (TPSA) is 50.8 Å². The summed E-state index contributed by atoms with van der Waals surface area (Å²) in [5.41, 5.74) is 1.03. The Morgan fingerprint density at radius 3 is 2.54 bits per heavy atom. The molecule has 1 heterocycles. The molecule has 0 bridgehead atoms. The van der Waals surface area contributed by atoms with Gasteiger partial charge in [-0.15, -0.1) is 0 Å². The van der Waals surface area contributed by atoms with Crippen molar-refractivity contribution in [2.24, 2.45) is 0 Å². The largest absolute Gasteiger partial charge is 0.481 e. The predicted octanol–water partition coefficient (Wildman–Crippen LogP) is 2.39. The molecule has 2 aromatic rings. The fraction of sp³-hybridized carbons (Fsp3) is 0.350.